The number of hydrogen-bond acceptors (Lipinski definition) is 2. The Kier molecular flexibility index (Phi) is 3.76. The van der Waals surface area contributed by atoms with Crippen LogP contribution in [-0.4, -0.2) is 10.1 Å². The monoisotopic (exact) mass is 315 g/mol. The first kappa shape index (κ1) is 12.5. The van der Waals surface area contributed by atoms with Crippen molar-refractivity contribution < 1.29 is 9.50 Å². The lowest BCUT2D eigenvalue weighted by Gasteiger charge is -2.12. The van der Waals surface area contributed by atoms with Crippen LogP contribution in [0.3, 0.4) is 0 Å². The molecule has 0 amide bonds. The van der Waals surface area contributed by atoms with E-state index in [0.29, 0.717) is 10.0 Å². The molecule has 0 saturated carbocycles. The van der Waals surface area contributed by atoms with E-state index in [-0.39, 0.29) is 10.7 Å². The second kappa shape index (κ2) is 5.12. The van der Waals surface area contributed by atoms with Crippen LogP contribution < -0.4 is 0 Å². The minimum Gasteiger partial charge on any atom is -0.384 e. The lowest BCUT2D eigenvalue weighted by molar-refractivity contribution is 0.215. The number of aromatic nitrogens is 1. The van der Waals surface area contributed by atoms with Gasteiger partial charge in [-0.25, -0.2) is 9.37 Å². The summed E-state index contributed by atoms with van der Waals surface area (Å²) in [6.45, 7) is 0. The van der Waals surface area contributed by atoms with Crippen LogP contribution in [0.15, 0.2) is 41.0 Å². The fraction of sp³-hybridized carbons (Fsp3) is 0.0833. The maximum atomic E-state index is 13.6. The fourth-order valence-electron chi connectivity index (χ4n) is 1.49. The maximum absolute atomic E-state index is 13.6. The first-order chi connectivity index (χ1) is 8.08. The molecular weight excluding hydrogens is 308 g/mol. The van der Waals surface area contributed by atoms with Crippen molar-refractivity contribution >= 4 is 27.5 Å². The fourth-order valence-corrected chi connectivity index (χ4v) is 2.05. The zero-order valence-electron chi connectivity index (χ0n) is 8.57. The van der Waals surface area contributed by atoms with Gasteiger partial charge in [-0.05, 0) is 35.9 Å². The van der Waals surface area contributed by atoms with Crippen molar-refractivity contribution in [2.75, 3.05) is 0 Å². The van der Waals surface area contributed by atoms with Crippen LogP contribution in [0.2, 0.25) is 5.15 Å². The second-order valence-corrected chi connectivity index (χ2v) is 4.78. The smallest absolute Gasteiger partial charge is 0.129 e. The predicted octanol–water partition coefficient (Wildman–Crippen LogP) is 3.72. The van der Waals surface area contributed by atoms with Gasteiger partial charge < -0.3 is 5.11 Å². The number of aliphatic hydroxyl groups excluding tert-OH is 1. The van der Waals surface area contributed by atoms with Gasteiger partial charge in [-0.1, -0.05) is 27.5 Å². The van der Waals surface area contributed by atoms with Crippen molar-refractivity contribution in [1.82, 2.24) is 4.98 Å². The molecule has 1 heterocycles. The Morgan fingerprint density at radius 3 is 2.76 bits per heavy atom. The molecule has 0 aliphatic carbocycles. The summed E-state index contributed by atoms with van der Waals surface area (Å²) in [6, 6.07) is 7.51. The van der Waals surface area contributed by atoms with E-state index in [1.807, 2.05) is 0 Å². The molecule has 1 aromatic carbocycles. The molecule has 88 valence electrons. The van der Waals surface area contributed by atoms with Crippen LogP contribution in [0.1, 0.15) is 17.2 Å². The summed E-state index contributed by atoms with van der Waals surface area (Å²) in [5.41, 5.74) is 0.698. The first-order valence-corrected chi connectivity index (χ1v) is 5.99. The molecule has 0 saturated heterocycles. The Balaban J connectivity index is 2.43. The van der Waals surface area contributed by atoms with E-state index in [9.17, 15) is 9.50 Å². The Labute approximate surface area is 111 Å². The molecule has 0 aliphatic heterocycles. The number of halogens is 3. The predicted molar refractivity (Wildman–Crippen MR) is 67.4 cm³/mol. The summed E-state index contributed by atoms with van der Waals surface area (Å²) in [5.74, 6) is -0.464. The zero-order valence-corrected chi connectivity index (χ0v) is 10.9. The second-order valence-electron chi connectivity index (χ2n) is 3.48. The van der Waals surface area contributed by atoms with E-state index in [4.69, 9.17) is 11.6 Å². The van der Waals surface area contributed by atoms with Crippen LogP contribution in [-0.2, 0) is 0 Å². The molecule has 0 spiro atoms. The van der Waals surface area contributed by atoms with E-state index < -0.39 is 11.9 Å². The zero-order chi connectivity index (χ0) is 12.4. The van der Waals surface area contributed by atoms with Crippen molar-refractivity contribution in [2.45, 2.75) is 6.10 Å². The summed E-state index contributed by atoms with van der Waals surface area (Å²) in [6.07, 6.45) is 0.407. The minimum absolute atomic E-state index is 0.196. The van der Waals surface area contributed by atoms with Gasteiger partial charge in [0.15, 0.2) is 0 Å². The molecule has 1 atom stereocenters. The molecule has 17 heavy (non-hydrogen) atoms. The number of benzene rings is 1. The SMILES string of the molecule is OC(c1ccnc(Cl)c1)c1cc(Br)ccc1F. The molecule has 0 aliphatic rings. The largest absolute Gasteiger partial charge is 0.384 e. The lowest BCUT2D eigenvalue weighted by Crippen LogP contribution is -2.03. The van der Waals surface area contributed by atoms with Gasteiger partial charge in [0, 0.05) is 16.2 Å². The van der Waals surface area contributed by atoms with Crippen molar-refractivity contribution in [1.29, 1.82) is 0 Å². The molecule has 1 unspecified atom stereocenters. The van der Waals surface area contributed by atoms with Crippen molar-refractivity contribution in [3.05, 3.63) is 63.1 Å². The van der Waals surface area contributed by atoms with Crippen LogP contribution in [0.25, 0.3) is 0 Å². The standard InChI is InChI=1S/C12H8BrClFNO/c13-8-1-2-10(15)9(6-8)12(17)7-3-4-16-11(14)5-7/h1-6,12,17H. The Morgan fingerprint density at radius 1 is 1.29 bits per heavy atom. The number of nitrogens with zero attached hydrogens (tertiary/aromatic N) is 1. The van der Waals surface area contributed by atoms with E-state index >= 15 is 0 Å². The Hall–Kier alpha value is -0.970. The van der Waals surface area contributed by atoms with Gasteiger partial charge >= 0.3 is 0 Å². The molecule has 5 heteroatoms. The van der Waals surface area contributed by atoms with Crippen LogP contribution in [0.5, 0.6) is 0 Å². The topological polar surface area (TPSA) is 33.1 Å². The molecule has 0 fully saturated rings. The van der Waals surface area contributed by atoms with Crippen LogP contribution in [0, 0.1) is 5.82 Å². The number of rotatable bonds is 2. The van der Waals surface area contributed by atoms with Crippen molar-refractivity contribution in [2.24, 2.45) is 0 Å². The number of aliphatic hydroxyl groups is 1. The molecule has 1 aromatic heterocycles. The third kappa shape index (κ3) is 2.83. The highest BCUT2D eigenvalue weighted by Gasteiger charge is 2.15. The van der Waals surface area contributed by atoms with Gasteiger partial charge in [0.1, 0.15) is 17.1 Å². The molecule has 0 bridgehead atoms. The van der Waals surface area contributed by atoms with Crippen molar-refractivity contribution in [3.63, 3.8) is 0 Å². The summed E-state index contributed by atoms with van der Waals surface area (Å²) in [4.78, 5) is 3.81. The summed E-state index contributed by atoms with van der Waals surface area (Å²) < 4.78 is 14.3. The highest BCUT2D eigenvalue weighted by atomic mass is 79.9. The van der Waals surface area contributed by atoms with Crippen LogP contribution >= 0.6 is 27.5 Å². The summed E-state index contributed by atoms with van der Waals surface area (Å²) >= 11 is 8.96. The molecule has 2 nitrogen and oxygen atoms in total. The normalized spacial score (nSPS) is 12.5. The first-order valence-electron chi connectivity index (χ1n) is 4.82. The third-order valence-electron chi connectivity index (χ3n) is 2.32. The Bertz CT molecular complexity index is 550. The van der Waals surface area contributed by atoms with Gasteiger partial charge in [0.05, 0.1) is 0 Å². The molecule has 2 rings (SSSR count). The van der Waals surface area contributed by atoms with Crippen LogP contribution in [0.4, 0.5) is 4.39 Å². The van der Waals surface area contributed by atoms with E-state index in [0.717, 1.165) is 0 Å². The molecule has 1 N–H and O–H groups in total. The number of hydrogen-bond donors (Lipinski definition) is 1. The molecule has 0 radical (unpaired) electrons. The van der Waals surface area contributed by atoms with Gasteiger partial charge in [0.25, 0.3) is 0 Å². The van der Waals surface area contributed by atoms with Gasteiger partial charge in [0.2, 0.25) is 0 Å². The van der Waals surface area contributed by atoms with E-state index in [1.165, 1.54) is 24.4 Å². The third-order valence-corrected chi connectivity index (χ3v) is 3.02. The average Bonchev–Trinajstić information content (AvgIpc) is 2.31. The minimum atomic E-state index is -1.06. The van der Waals surface area contributed by atoms with E-state index in [1.54, 1.807) is 12.1 Å². The maximum Gasteiger partial charge on any atom is 0.129 e. The molecule has 2 aromatic rings. The molecular formula is C12H8BrClFNO. The summed E-state index contributed by atoms with van der Waals surface area (Å²) in [7, 11) is 0. The highest BCUT2D eigenvalue weighted by molar-refractivity contribution is 9.10. The Morgan fingerprint density at radius 2 is 2.06 bits per heavy atom. The average molecular weight is 317 g/mol. The van der Waals surface area contributed by atoms with Gasteiger partial charge in [-0.15, -0.1) is 0 Å². The summed E-state index contributed by atoms with van der Waals surface area (Å²) in [5, 5.41) is 10.3. The lowest BCUT2D eigenvalue weighted by atomic mass is 10.0. The van der Waals surface area contributed by atoms with Gasteiger partial charge in [-0.2, -0.15) is 0 Å². The van der Waals surface area contributed by atoms with Gasteiger partial charge in [-0.3, -0.25) is 0 Å². The van der Waals surface area contributed by atoms with Crippen molar-refractivity contribution in [3.8, 4) is 0 Å². The van der Waals surface area contributed by atoms with E-state index in [2.05, 4.69) is 20.9 Å². The quantitative estimate of drug-likeness (QED) is 0.857. The highest BCUT2D eigenvalue weighted by Crippen LogP contribution is 2.27. The number of pyridine rings is 1.